The van der Waals surface area contributed by atoms with Crippen molar-refractivity contribution in [3.63, 3.8) is 0 Å². The Morgan fingerprint density at radius 3 is 1.25 bits per heavy atom. The van der Waals surface area contributed by atoms with Crippen molar-refractivity contribution in [1.29, 1.82) is 0 Å². The Labute approximate surface area is 341 Å². The van der Waals surface area contributed by atoms with E-state index in [4.69, 9.17) is 19.4 Å². The first-order valence-corrected chi connectivity index (χ1v) is 19.9. The molecule has 0 amide bonds. The molecule has 0 bridgehead atoms. The van der Waals surface area contributed by atoms with Crippen LogP contribution in [-0.4, -0.2) is 15.0 Å². The maximum atomic E-state index is 7.17. The van der Waals surface area contributed by atoms with Gasteiger partial charge in [-0.3, -0.25) is 0 Å². The summed E-state index contributed by atoms with van der Waals surface area (Å²) in [4.78, 5) is 15.2. The van der Waals surface area contributed by atoms with E-state index in [1.807, 2.05) is 60.7 Å². The van der Waals surface area contributed by atoms with Crippen LogP contribution in [0.5, 0.6) is 0 Å². The third kappa shape index (κ3) is 6.15. The molecule has 0 fully saturated rings. The fraction of sp³-hybridized carbons (Fsp3) is 0. The van der Waals surface area contributed by atoms with Crippen LogP contribution in [0.1, 0.15) is 0 Å². The summed E-state index contributed by atoms with van der Waals surface area (Å²) in [5, 5.41) is 4.29. The first-order chi connectivity index (χ1) is 29.3. The van der Waals surface area contributed by atoms with Gasteiger partial charge in [0.25, 0.3) is 0 Å². The van der Waals surface area contributed by atoms with Crippen molar-refractivity contribution in [3.05, 3.63) is 212 Å². The molecule has 0 radical (unpaired) electrons. The largest absolute Gasteiger partial charge is 0.455 e. The Morgan fingerprint density at radius 2 is 0.678 bits per heavy atom. The zero-order valence-corrected chi connectivity index (χ0v) is 32.0. The highest BCUT2D eigenvalue weighted by molar-refractivity contribution is 6.21. The van der Waals surface area contributed by atoms with E-state index < -0.39 is 0 Å². The van der Waals surface area contributed by atoms with Crippen LogP contribution in [0.15, 0.2) is 217 Å². The molecule has 11 aromatic rings. The third-order valence-electron chi connectivity index (χ3n) is 11.2. The van der Waals surface area contributed by atoms with Gasteiger partial charge < -0.3 is 4.42 Å². The average Bonchev–Trinajstić information content (AvgIpc) is 3.72. The summed E-state index contributed by atoms with van der Waals surface area (Å²) < 4.78 is 7.17. The Morgan fingerprint density at radius 1 is 0.254 bits per heavy atom. The van der Waals surface area contributed by atoms with Crippen LogP contribution in [0.4, 0.5) is 0 Å². The summed E-state index contributed by atoms with van der Waals surface area (Å²) in [6.07, 6.45) is 0. The van der Waals surface area contributed by atoms with Crippen LogP contribution in [0.3, 0.4) is 0 Å². The van der Waals surface area contributed by atoms with Gasteiger partial charge in [0.2, 0.25) is 0 Å². The minimum atomic E-state index is 0.624. The van der Waals surface area contributed by atoms with Crippen molar-refractivity contribution in [2.24, 2.45) is 0 Å². The van der Waals surface area contributed by atoms with E-state index in [2.05, 4.69) is 152 Å². The van der Waals surface area contributed by atoms with Crippen molar-refractivity contribution < 1.29 is 4.42 Å². The van der Waals surface area contributed by atoms with Crippen molar-refractivity contribution in [1.82, 2.24) is 15.0 Å². The fourth-order valence-electron chi connectivity index (χ4n) is 8.34. The molecule has 276 valence electrons. The van der Waals surface area contributed by atoms with Crippen LogP contribution >= 0.6 is 0 Å². The molecule has 0 unspecified atom stereocenters. The number of furan rings is 1. The van der Waals surface area contributed by atoms with Crippen LogP contribution in [0.2, 0.25) is 0 Å². The van der Waals surface area contributed by atoms with Gasteiger partial charge in [0.1, 0.15) is 11.2 Å². The van der Waals surface area contributed by atoms with E-state index in [1.165, 1.54) is 0 Å². The van der Waals surface area contributed by atoms with Gasteiger partial charge in [0.15, 0.2) is 17.5 Å². The predicted molar refractivity (Wildman–Crippen MR) is 243 cm³/mol. The first-order valence-electron chi connectivity index (χ1n) is 19.9. The molecule has 9 aromatic carbocycles. The van der Waals surface area contributed by atoms with Gasteiger partial charge in [0, 0.05) is 38.6 Å². The summed E-state index contributed by atoms with van der Waals surface area (Å²) in [5.41, 5.74) is 13.3. The van der Waals surface area contributed by atoms with E-state index in [0.717, 1.165) is 93.9 Å². The Hall–Kier alpha value is -7.95. The number of aromatic nitrogens is 3. The quantitative estimate of drug-likeness (QED) is 0.163. The zero-order valence-electron chi connectivity index (χ0n) is 32.0. The van der Waals surface area contributed by atoms with Gasteiger partial charge in [-0.15, -0.1) is 0 Å². The van der Waals surface area contributed by atoms with Crippen molar-refractivity contribution in [3.8, 4) is 78.7 Å². The van der Waals surface area contributed by atoms with E-state index in [0.29, 0.717) is 17.5 Å². The molecule has 0 N–H and O–H groups in total. The molecule has 0 aliphatic carbocycles. The van der Waals surface area contributed by atoms with E-state index >= 15 is 0 Å². The van der Waals surface area contributed by atoms with Crippen molar-refractivity contribution in [2.75, 3.05) is 0 Å². The van der Waals surface area contributed by atoms with Crippen molar-refractivity contribution in [2.45, 2.75) is 0 Å². The molecular formula is C55H35N3O. The van der Waals surface area contributed by atoms with E-state index in [9.17, 15) is 0 Å². The molecule has 0 atom stereocenters. The molecular weight excluding hydrogens is 719 g/mol. The van der Waals surface area contributed by atoms with Gasteiger partial charge in [-0.2, -0.15) is 0 Å². The highest BCUT2D eigenvalue weighted by atomic mass is 16.3. The summed E-state index contributed by atoms with van der Waals surface area (Å²) >= 11 is 0. The number of fused-ring (bicyclic) bond motifs is 4. The molecule has 0 aliphatic heterocycles. The lowest BCUT2D eigenvalue weighted by Gasteiger charge is -2.14. The van der Waals surface area contributed by atoms with E-state index in [1.54, 1.807) is 0 Å². The van der Waals surface area contributed by atoms with Crippen molar-refractivity contribution >= 4 is 32.7 Å². The lowest BCUT2D eigenvalue weighted by Crippen LogP contribution is -2.00. The van der Waals surface area contributed by atoms with Crippen LogP contribution in [0.25, 0.3) is 111 Å². The molecule has 0 aliphatic rings. The van der Waals surface area contributed by atoms with Gasteiger partial charge in [-0.1, -0.05) is 188 Å². The number of benzene rings is 9. The molecule has 4 heteroatoms. The minimum Gasteiger partial charge on any atom is -0.455 e. The summed E-state index contributed by atoms with van der Waals surface area (Å²) in [6, 6.07) is 74.0. The molecule has 2 aromatic heterocycles. The number of rotatable bonds is 7. The lowest BCUT2D eigenvalue weighted by atomic mass is 9.89. The topological polar surface area (TPSA) is 51.8 Å². The van der Waals surface area contributed by atoms with Gasteiger partial charge in [-0.25, -0.2) is 15.0 Å². The first kappa shape index (κ1) is 34.3. The van der Waals surface area contributed by atoms with Crippen LogP contribution < -0.4 is 0 Å². The normalized spacial score (nSPS) is 11.4. The second-order valence-electron chi connectivity index (χ2n) is 14.7. The summed E-state index contributed by atoms with van der Waals surface area (Å²) in [6.45, 7) is 0. The third-order valence-corrected chi connectivity index (χ3v) is 11.2. The van der Waals surface area contributed by atoms with Crippen LogP contribution in [0, 0.1) is 0 Å². The maximum absolute atomic E-state index is 7.17. The fourth-order valence-corrected chi connectivity index (χ4v) is 8.34. The SMILES string of the molecule is c1ccc(-c2cc(-c3ccccc3)c3oc4c(-c5ccccc5)ccc(-c5ccc(-c6nc(-c7ccccc7)nc(-c7ccccc7)n6)c6ccccc56)c4c3c2)cc1. The molecule has 0 spiro atoms. The zero-order chi connectivity index (χ0) is 39.1. The highest BCUT2D eigenvalue weighted by Gasteiger charge is 2.23. The molecule has 0 saturated carbocycles. The second kappa shape index (κ2) is 14.5. The standard InChI is InChI=1S/C55H35N3O/c1-6-18-36(19-7-1)41-34-48(38-22-10-3-11-23-38)51-49(35-41)50-46(32-30-42(52(50)59-51)37-20-8-2-9-21-37)45-31-33-47(44-29-17-16-28-43(44)45)55-57-53(39-24-12-4-13-25-39)56-54(58-55)40-26-14-5-15-27-40/h1-35H. The predicted octanol–water partition coefficient (Wildman–Crippen LogP) is 14.6. The second-order valence-corrected chi connectivity index (χ2v) is 14.7. The molecule has 4 nitrogen and oxygen atoms in total. The van der Waals surface area contributed by atoms with Crippen LogP contribution in [-0.2, 0) is 0 Å². The highest BCUT2D eigenvalue weighted by Crippen LogP contribution is 2.47. The Kier molecular flexibility index (Phi) is 8.45. The Bertz CT molecular complexity index is 3230. The summed E-state index contributed by atoms with van der Waals surface area (Å²) in [5.74, 6) is 1.89. The molecule has 2 heterocycles. The van der Waals surface area contributed by atoms with Gasteiger partial charge in [0.05, 0.1) is 0 Å². The Balaban J connectivity index is 1.19. The average molecular weight is 754 g/mol. The number of nitrogens with zero attached hydrogens (tertiary/aromatic N) is 3. The monoisotopic (exact) mass is 753 g/mol. The maximum Gasteiger partial charge on any atom is 0.164 e. The minimum absolute atomic E-state index is 0.624. The summed E-state index contributed by atoms with van der Waals surface area (Å²) in [7, 11) is 0. The van der Waals surface area contributed by atoms with Gasteiger partial charge in [-0.05, 0) is 68.4 Å². The van der Waals surface area contributed by atoms with E-state index in [-0.39, 0.29) is 0 Å². The number of hydrogen-bond acceptors (Lipinski definition) is 4. The van der Waals surface area contributed by atoms with Gasteiger partial charge >= 0.3 is 0 Å². The number of hydrogen-bond donors (Lipinski definition) is 0. The molecule has 11 rings (SSSR count). The molecule has 0 saturated heterocycles. The lowest BCUT2D eigenvalue weighted by molar-refractivity contribution is 0.671. The smallest absolute Gasteiger partial charge is 0.164 e. The molecule has 59 heavy (non-hydrogen) atoms.